The van der Waals surface area contributed by atoms with Crippen LogP contribution in [0.4, 0.5) is 5.69 Å². The van der Waals surface area contributed by atoms with E-state index in [4.69, 9.17) is 4.74 Å². The van der Waals surface area contributed by atoms with Crippen LogP contribution >= 0.6 is 11.3 Å². The summed E-state index contributed by atoms with van der Waals surface area (Å²) in [5, 5.41) is 0.603. The molecule has 0 saturated carbocycles. The number of benzene rings is 1. The van der Waals surface area contributed by atoms with Crippen LogP contribution in [0, 0.1) is 0 Å². The zero-order valence-corrected chi connectivity index (χ0v) is 17.4. The number of methoxy groups -OCH3 is 1. The minimum absolute atomic E-state index is 0.0294. The number of carbonyl (C=O) groups is 1. The lowest BCUT2D eigenvalue weighted by Gasteiger charge is -2.36. The number of aromatic nitrogens is 2. The van der Waals surface area contributed by atoms with Crippen LogP contribution in [-0.2, 0) is 17.8 Å². The molecule has 2 aromatic heterocycles. The molecular weight excluding hydrogens is 388 g/mol. The molecule has 1 aliphatic heterocycles. The molecule has 0 bridgehead atoms. The van der Waals surface area contributed by atoms with Crippen LogP contribution in [0.15, 0.2) is 41.5 Å². The number of nitrogens with zero attached hydrogens (tertiary/aromatic N) is 4. The predicted molar refractivity (Wildman–Crippen MR) is 115 cm³/mol. The number of thiophene rings is 1. The van der Waals surface area contributed by atoms with Crippen molar-refractivity contribution in [3.63, 3.8) is 0 Å². The van der Waals surface area contributed by atoms with Crippen molar-refractivity contribution in [1.29, 1.82) is 0 Å². The zero-order chi connectivity index (χ0) is 20.4. The highest BCUT2D eigenvalue weighted by atomic mass is 32.1. The third-order valence-electron chi connectivity index (χ3n) is 5.29. The highest BCUT2D eigenvalue weighted by Crippen LogP contribution is 2.22. The molecule has 1 aliphatic rings. The van der Waals surface area contributed by atoms with Gasteiger partial charge in [-0.05, 0) is 36.8 Å². The molecule has 1 aromatic carbocycles. The van der Waals surface area contributed by atoms with Crippen molar-refractivity contribution < 1.29 is 9.53 Å². The van der Waals surface area contributed by atoms with Gasteiger partial charge in [0.2, 0.25) is 5.91 Å². The van der Waals surface area contributed by atoms with Gasteiger partial charge >= 0.3 is 0 Å². The Labute approximate surface area is 173 Å². The number of ether oxygens (including phenoxy) is 1. The molecule has 152 valence electrons. The Morgan fingerprint density at radius 3 is 2.55 bits per heavy atom. The average Bonchev–Trinajstić information content (AvgIpc) is 3.20. The van der Waals surface area contributed by atoms with E-state index in [-0.39, 0.29) is 18.0 Å². The van der Waals surface area contributed by atoms with E-state index in [0.717, 1.165) is 40.7 Å². The van der Waals surface area contributed by atoms with Crippen molar-refractivity contribution in [2.75, 3.05) is 38.2 Å². The fourth-order valence-electron chi connectivity index (χ4n) is 3.55. The second-order valence-corrected chi connectivity index (χ2v) is 8.14. The molecule has 8 heteroatoms. The number of piperazine rings is 1. The topological polar surface area (TPSA) is 67.7 Å². The van der Waals surface area contributed by atoms with Gasteiger partial charge in [0.15, 0.2) is 0 Å². The van der Waals surface area contributed by atoms with Crippen LogP contribution in [0.25, 0.3) is 10.2 Å². The summed E-state index contributed by atoms with van der Waals surface area (Å²) in [4.78, 5) is 35.8. The van der Waals surface area contributed by atoms with E-state index in [1.165, 1.54) is 22.2 Å². The van der Waals surface area contributed by atoms with Gasteiger partial charge in [0.1, 0.15) is 17.1 Å². The summed E-state index contributed by atoms with van der Waals surface area (Å²) in [6.45, 7) is 4.87. The molecule has 3 aromatic rings. The minimum Gasteiger partial charge on any atom is -0.497 e. The normalized spacial score (nSPS) is 14.4. The summed E-state index contributed by atoms with van der Waals surface area (Å²) in [5.41, 5.74) is 0.976. The van der Waals surface area contributed by atoms with Gasteiger partial charge in [-0.3, -0.25) is 14.2 Å². The molecule has 0 radical (unpaired) electrons. The monoisotopic (exact) mass is 412 g/mol. The van der Waals surface area contributed by atoms with Crippen molar-refractivity contribution in [2.24, 2.45) is 0 Å². The molecule has 0 atom stereocenters. The van der Waals surface area contributed by atoms with E-state index in [2.05, 4.69) is 16.8 Å². The SMILES string of the molecule is CCc1cc2c(=O)n(CC(=O)N3CCN(c4ccc(OC)cc4)CC3)cnc2s1. The number of anilines is 1. The van der Waals surface area contributed by atoms with E-state index in [0.29, 0.717) is 18.5 Å². The summed E-state index contributed by atoms with van der Waals surface area (Å²) >= 11 is 1.53. The predicted octanol–water partition coefficient (Wildman–Crippen LogP) is 2.38. The first kappa shape index (κ1) is 19.4. The van der Waals surface area contributed by atoms with Crippen LogP contribution in [0.2, 0.25) is 0 Å². The summed E-state index contributed by atoms with van der Waals surface area (Å²) in [5.74, 6) is 0.781. The van der Waals surface area contributed by atoms with Crippen molar-refractivity contribution in [3.8, 4) is 5.75 Å². The third-order valence-corrected chi connectivity index (χ3v) is 6.48. The van der Waals surface area contributed by atoms with E-state index in [1.807, 2.05) is 35.2 Å². The van der Waals surface area contributed by atoms with E-state index in [9.17, 15) is 9.59 Å². The standard InChI is InChI=1S/C21H24N4O3S/c1-3-17-12-18-20(29-17)22-14-25(21(18)27)13-19(26)24-10-8-23(9-11-24)15-4-6-16(28-2)7-5-15/h4-7,12,14H,3,8-11,13H2,1-2H3. The molecule has 1 amide bonds. The Morgan fingerprint density at radius 1 is 1.17 bits per heavy atom. The van der Waals surface area contributed by atoms with Gasteiger partial charge in [-0.1, -0.05) is 6.92 Å². The molecular formula is C21H24N4O3S. The number of amides is 1. The van der Waals surface area contributed by atoms with Crippen molar-refractivity contribution in [3.05, 3.63) is 51.9 Å². The van der Waals surface area contributed by atoms with Crippen LogP contribution in [0.1, 0.15) is 11.8 Å². The summed E-state index contributed by atoms with van der Waals surface area (Å²) in [6, 6.07) is 9.84. The first-order valence-corrected chi connectivity index (χ1v) is 10.6. The highest BCUT2D eigenvalue weighted by molar-refractivity contribution is 7.18. The van der Waals surface area contributed by atoms with Gasteiger partial charge in [-0.15, -0.1) is 11.3 Å². The van der Waals surface area contributed by atoms with Gasteiger partial charge in [0.25, 0.3) is 5.56 Å². The molecule has 1 saturated heterocycles. The molecule has 1 fully saturated rings. The Kier molecular flexibility index (Phi) is 5.53. The Hall–Kier alpha value is -2.87. The molecule has 4 rings (SSSR count). The second-order valence-electron chi connectivity index (χ2n) is 7.03. The van der Waals surface area contributed by atoms with Crippen LogP contribution in [0.3, 0.4) is 0 Å². The lowest BCUT2D eigenvalue weighted by atomic mass is 10.2. The van der Waals surface area contributed by atoms with Crippen LogP contribution in [-0.4, -0.2) is 53.6 Å². The summed E-state index contributed by atoms with van der Waals surface area (Å²) < 4.78 is 6.63. The molecule has 0 N–H and O–H groups in total. The maximum Gasteiger partial charge on any atom is 0.262 e. The summed E-state index contributed by atoms with van der Waals surface area (Å²) in [7, 11) is 1.65. The van der Waals surface area contributed by atoms with E-state index in [1.54, 1.807) is 7.11 Å². The maximum absolute atomic E-state index is 12.7. The van der Waals surface area contributed by atoms with Gasteiger partial charge in [-0.25, -0.2) is 4.98 Å². The first-order valence-electron chi connectivity index (χ1n) is 9.73. The smallest absolute Gasteiger partial charge is 0.262 e. The highest BCUT2D eigenvalue weighted by Gasteiger charge is 2.22. The van der Waals surface area contributed by atoms with Gasteiger partial charge in [-0.2, -0.15) is 0 Å². The quantitative estimate of drug-likeness (QED) is 0.644. The van der Waals surface area contributed by atoms with Crippen molar-refractivity contribution in [1.82, 2.24) is 14.5 Å². The molecule has 3 heterocycles. The molecule has 0 unspecified atom stereocenters. The molecule has 0 aliphatic carbocycles. The largest absolute Gasteiger partial charge is 0.497 e. The maximum atomic E-state index is 12.7. The second kappa shape index (κ2) is 8.24. The number of aryl methyl sites for hydroxylation is 1. The first-order chi connectivity index (χ1) is 14.1. The molecule has 29 heavy (non-hydrogen) atoms. The zero-order valence-electron chi connectivity index (χ0n) is 16.6. The van der Waals surface area contributed by atoms with Crippen molar-refractivity contribution in [2.45, 2.75) is 19.9 Å². The third kappa shape index (κ3) is 3.98. The Bertz CT molecular complexity index is 1070. The lowest BCUT2D eigenvalue weighted by molar-refractivity contribution is -0.132. The van der Waals surface area contributed by atoms with E-state index >= 15 is 0 Å². The Balaban J connectivity index is 1.40. The number of carbonyl (C=O) groups excluding carboxylic acids is 1. The average molecular weight is 413 g/mol. The number of fused-ring (bicyclic) bond motifs is 1. The van der Waals surface area contributed by atoms with Gasteiger partial charge in [0.05, 0.1) is 18.8 Å². The van der Waals surface area contributed by atoms with E-state index < -0.39 is 0 Å². The van der Waals surface area contributed by atoms with Crippen LogP contribution in [0.5, 0.6) is 5.75 Å². The number of rotatable bonds is 5. The van der Waals surface area contributed by atoms with Gasteiger partial charge in [0, 0.05) is 36.7 Å². The summed E-state index contributed by atoms with van der Waals surface area (Å²) in [6.07, 6.45) is 2.37. The fourth-order valence-corrected chi connectivity index (χ4v) is 4.47. The lowest BCUT2D eigenvalue weighted by Crippen LogP contribution is -2.50. The number of hydrogen-bond donors (Lipinski definition) is 0. The molecule has 0 spiro atoms. The van der Waals surface area contributed by atoms with Crippen LogP contribution < -0.4 is 15.2 Å². The minimum atomic E-state index is -0.142. The van der Waals surface area contributed by atoms with Gasteiger partial charge < -0.3 is 14.5 Å². The fraction of sp³-hybridized carbons (Fsp3) is 0.381. The number of hydrogen-bond acceptors (Lipinski definition) is 6. The molecule has 7 nitrogen and oxygen atoms in total. The van der Waals surface area contributed by atoms with Crippen molar-refractivity contribution >= 4 is 33.1 Å². The Morgan fingerprint density at radius 2 is 1.90 bits per heavy atom.